The maximum Gasteiger partial charge on any atom is 0.0689 e. The smallest absolute Gasteiger partial charge is 0.0689 e. The van der Waals surface area contributed by atoms with Gasteiger partial charge in [-0.3, -0.25) is 0 Å². The van der Waals surface area contributed by atoms with Crippen LogP contribution < -0.4 is 5.32 Å². The van der Waals surface area contributed by atoms with Crippen molar-refractivity contribution in [2.24, 2.45) is 11.3 Å². The molecule has 0 unspecified atom stereocenters. The Morgan fingerprint density at radius 1 is 1.44 bits per heavy atom. The third-order valence-corrected chi connectivity index (χ3v) is 3.63. The Morgan fingerprint density at radius 2 is 2.25 bits per heavy atom. The van der Waals surface area contributed by atoms with Crippen molar-refractivity contribution in [1.29, 1.82) is 0 Å². The van der Waals surface area contributed by atoms with Gasteiger partial charge in [-0.25, -0.2) is 0 Å². The van der Waals surface area contributed by atoms with E-state index in [0.717, 1.165) is 32.1 Å². The molecule has 1 aliphatic carbocycles. The fourth-order valence-corrected chi connectivity index (χ4v) is 2.72. The van der Waals surface area contributed by atoms with Gasteiger partial charge < -0.3 is 10.1 Å². The molecule has 2 heteroatoms. The zero-order valence-corrected chi connectivity index (χ0v) is 10.7. The fraction of sp³-hybridized carbons (Fsp3) is 0.857. The van der Waals surface area contributed by atoms with Crippen LogP contribution in [0.2, 0.25) is 0 Å². The fourth-order valence-electron chi connectivity index (χ4n) is 2.72. The van der Waals surface area contributed by atoms with E-state index in [2.05, 4.69) is 25.2 Å². The van der Waals surface area contributed by atoms with Gasteiger partial charge in [-0.1, -0.05) is 19.9 Å². The van der Waals surface area contributed by atoms with Crippen LogP contribution >= 0.6 is 0 Å². The summed E-state index contributed by atoms with van der Waals surface area (Å²) in [5.41, 5.74) is 2.08. The molecule has 1 aliphatic heterocycles. The van der Waals surface area contributed by atoms with Gasteiger partial charge in [0, 0.05) is 13.1 Å². The lowest BCUT2D eigenvalue weighted by atomic mass is 9.94. The van der Waals surface area contributed by atoms with E-state index in [1.54, 1.807) is 0 Å². The second-order valence-electron chi connectivity index (χ2n) is 5.91. The number of ether oxygens (including phenoxy) is 1. The number of rotatable bonds is 6. The van der Waals surface area contributed by atoms with Crippen LogP contribution in [0.4, 0.5) is 0 Å². The molecule has 92 valence electrons. The predicted octanol–water partition coefficient (Wildman–Crippen LogP) is 2.75. The van der Waals surface area contributed by atoms with Crippen LogP contribution in [0.1, 0.15) is 39.5 Å². The van der Waals surface area contributed by atoms with Crippen LogP contribution in [0, 0.1) is 11.3 Å². The Balaban J connectivity index is 1.66. The van der Waals surface area contributed by atoms with Crippen LogP contribution in [-0.4, -0.2) is 26.3 Å². The van der Waals surface area contributed by atoms with Gasteiger partial charge in [-0.15, -0.1) is 0 Å². The van der Waals surface area contributed by atoms with E-state index in [1.807, 2.05) is 0 Å². The number of hydrogen-bond acceptors (Lipinski definition) is 2. The molecule has 0 aromatic carbocycles. The molecular formula is C14H25NO. The standard InChI is InChI=1S/C14H25NO/c1-12(2)8-14(5-6-14)11-15-9-13-4-3-7-16-10-13/h4,12,15H,3,5-11H2,1-2H3. The average molecular weight is 223 g/mol. The molecule has 0 saturated heterocycles. The average Bonchev–Trinajstić information content (AvgIpc) is 2.99. The molecule has 2 rings (SSSR count). The summed E-state index contributed by atoms with van der Waals surface area (Å²) in [4.78, 5) is 0. The molecule has 0 amide bonds. The van der Waals surface area contributed by atoms with Crippen LogP contribution in [0.3, 0.4) is 0 Å². The van der Waals surface area contributed by atoms with Crippen LogP contribution in [-0.2, 0) is 4.74 Å². The molecule has 1 heterocycles. The molecule has 0 bridgehead atoms. The minimum Gasteiger partial charge on any atom is -0.377 e. The van der Waals surface area contributed by atoms with Crippen molar-refractivity contribution in [3.8, 4) is 0 Å². The van der Waals surface area contributed by atoms with E-state index in [9.17, 15) is 0 Å². The van der Waals surface area contributed by atoms with Gasteiger partial charge in [-0.2, -0.15) is 0 Å². The first-order valence-corrected chi connectivity index (χ1v) is 6.67. The molecule has 0 spiro atoms. The van der Waals surface area contributed by atoms with Crippen molar-refractivity contribution >= 4 is 0 Å². The Kier molecular flexibility index (Phi) is 4.04. The van der Waals surface area contributed by atoms with Crippen molar-refractivity contribution in [1.82, 2.24) is 5.32 Å². The lowest BCUT2D eigenvalue weighted by Crippen LogP contribution is -2.28. The maximum atomic E-state index is 5.44. The predicted molar refractivity (Wildman–Crippen MR) is 67.5 cm³/mol. The molecule has 0 radical (unpaired) electrons. The minimum atomic E-state index is 0.643. The van der Waals surface area contributed by atoms with Crippen LogP contribution in [0.25, 0.3) is 0 Å². The molecule has 0 atom stereocenters. The highest BCUT2D eigenvalue weighted by molar-refractivity contribution is 5.07. The molecule has 0 aromatic heterocycles. The molecule has 1 N–H and O–H groups in total. The van der Waals surface area contributed by atoms with Gasteiger partial charge in [0.2, 0.25) is 0 Å². The van der Waals surface area contributed by atoms with Gasteiger partial charge in [0.25, 0.3) is 0 Å². The van der Waals surface area contributed by atoms with Crippen molar-refractivity contribution < 1.29 is 4.74 Å². The number of nitrogens with one attached hydrogen (secondary N) is 1. The topological polar surface area (TPSA) is 21.3 Å². The van der Waals surface area contributed by atoms with E-state index in [-0.39, 0.29) is 0 Å². The lowest BCUT2D eigenvalue weighted by molar-refractivity contribution is 0.148. The van der Waals surface area contributed by atoms with Gasteiger partial charge in [0.1, 0.15) is 0 Å². The lowest BCUT2D eigenvalue weighted by Gasteiger charge is -2.20. The summed E-state index contributed by atoms with van der Waals surface area (Å²) >= 11 is 0. The highest BCUT2D eigenvalue weighted by Gasteiger charge is 2.42. The van der Waals surface area contributed by atoms with Crippen molar-refractivity contribution in [2.45, 2.75) is 39.5 Å². The van der Waals surface area contributed by atoms with Crippen LogP contribution in [0.15, 0.2) is 11.6 Å². The molecule has 16 heavy (non-hydrogen) atoms. The summed E-state index contributed by atoms with van der Waals surface area (Å²) in [5.74, 6) is 0.835. The Hall–Kier alpha value is -0.340. The summed E-state index contributed by atoms with van der Waals surface area (Å²) in [6.45, 7) is 8.63. The molecule has 2 nitrogen and oxygen atoms in total. The Bertz CT molecular complexity index is 253. The van der Waals surface area contributed by atoms with Crippen molar-refractivity contribution in [3.05, 3.63) is 11.6 Å². The van der Waals surface area contributed by atoms with Gasteiger partial charge in [0.15, 0.2) is 0 Å². The van der Waals surface area contributed by atoms with E-state index in [4.69, 9.17) is 4.74 Å². The summed E-state index contributed by atoms with van der Waals surface area (Å²) in [5, 5.41) is 3.61. The third kappa shape index (κ3) is 3.60. The quantitative estimate of drug-likeness (QED) is 0.699. The van der Waals surface area contributed by atoms with Gasteiger partial charge in [0.05, 0.1) is 13.2 Å². The van der Waals surface area contributed by atoms with Crippen molar-refractivity contribution in [3.63, 3.8) is 0 Å². The summed E-state index contributed by atoms with van der Waals surface area (Å²) in [7, 11) is 0. The molecule has 1 saturated carbocycles. The summed E-state index contributed by atoms with van der Waals surface area (Å²) in [6.07, 6.45) is 7.66. The van der Waals surface area contributed by atoms with E-state index < -0.39 is 0 Å². The minimum absolute atomic E-state index is 0.643. The van der Waals surface area contributed by atoms with Crippen molar-refractivity contribution in [2.75, 3.05) is 26.3 Å². The largest absolute Gasteiger partial charge is 0.377 e. The highest BCUT2D eigenvalue weighted by atomic mass is 16.5. The van der Waals surface area contributed by atoms with Gasteiger partial charge in [-0.05, 0) is 42.6 Å². The first-order chi connectivity index (χ1) is 7.70. The van der Waals surface area contributed by atoms with Crippen LogP contribution in [0.5, 0.6) is 0 Å². The maximum absolute atomic E-state index is 5.44. The molecular weight excluding hydrogens is 198 g/mol. The van der Waals surface area contributed by atoms with Gasteiger partial charge >= 0.3 is 0 Å². The first kappa shape index (κ1) is 12.1. The second kappa shape index (κ2) is 5.33. The highest BCUT2D eigenvalue weighted by Crippen LogP contribution is 2.49. The van der Waals surface area contributed by atoms with E-state index in [0.29, 0.717) is 5.41 Å². The van der Waals surface area contributed by atoms with E-state index >= 15 is 0 Å². The Morgan fingerprint density at radius 3 is 2.81 bits per heavy atom. The zero-order chi connectivity index (χ0) is 11.4. The number of hydrogen-bond donors (Lipinski definition) is 1. The SMILES string of the molecule is CC(C)CC1(CNCC2=CCCOC2)CC1. The normalized spacial score (nSPS) is 23.3. The summed E-state index contributed by atoms with van der Waals surface area (Å²) < 4.78 is 5.44. The molecule has 1 fully saturated rings. The zero-order valence-electron chi connectivity index (χ0n) is 10.7. The molecule has 2 aliphatic rings. The van der Waals surface area contributed by atoms with E-state index in [1.165, 1.54) is 31.4 Å². The molecule has 0 aromatic rings. The third-order valence-electron chi connectivity index (χ3n) is 3.63. The summed E-state index contributed by atoms with van der Waals surface area (Å²) in [6, 6.07) is 0. The first-order valence-electron chi connectivity index (χ1n) is 6.67. The Labute approximate surface area is 99.4 Å². The second-order valence-corrected chi connectivity index (χ2v) is 5.91. The monoisotopic (exact) mass is 223 g/mol.